The van der Waals surface area contributed by atoms with Crippen LogP contribution in [0.1, 0.15) is 25.6 Å². The van der Waals surface area contributed by atoms with E-state index in [0.717, 1.165) is 0 Å². The van der Waals surface area contributed by atoms with Crippen LogP contribution in [0.25, 0.3) is 10.2 Å². The van der Waals surface area contributed by atoms with Gasteiger partial charge in [0.2, 0.25) is 0 Å². The number of aromatic nitrogens is 3. The number of aromatic amines is 1. The molecule has 2 amide bonds. The lowest BCUT2D eigenvalue weighted by molar-refractivity contribution is 0.0954. The number of hydrogen-bond acceptors (Lipinski definition) is 5. The highest BCUT2D eigenvalue weighted by molar-refractivity contribution is 7.20. The van der Waals surface area contributed by atoms with Gasteiger partial charge >= 0.3 is 0 Å². The van der Waals surface area contributed by atoms with Gasteiger partial charge in [-0.3, -0.25) is 19.7 Å². The minimum absolute atomic E-state index is 0.212. The first kappa shape index (κ1) is 17.8. The molecule has 28 heavy (non-hydrogen) atoms. The summed E-state index contributed by atoms with van der Waals surface area (Å²) in [6.07, 6.45) is 3.06. The standard InChI is InChI=1S/C19H14FN5O2S/c20-13-3-1-2-11(8-13)10-22-18(27)15-9-14-16(24-25-19(14)28-15)23-17(26)12-4-6-21-7-5-12/h1-9H,10H2,(H,22,27)(H2,23,24,25,26). The SMILES string of the molecule is O=C(Nc1[nH]nc2sc(C(=O)NCc3cccc(F)c3)cc12)c1ccncc1. The Hall–Kier alpha value is -3.59. The predicted octanol–water partition coefficient (Wildman–Crippen LogP) is 3.34. The minimum atomic E-state index is -0.351. The van der Waals surface area contributed by atoms with E-state index in [0.29, 0.717) is 32.0 Å². The summed E-state index contributed by atoms with van der Waals surface area (Å²) in [5.41, 5.74) is 1.13. The summed E-state index contributed by atoms with van der Waals surface area (Å²) in [6, 6.07) is 10.9. The molecule has 0 saturated carbocycles. The maximum atomic E-state index is 13.2. The van der Waals surface area contributed by atoms with Crippen LogP contribution in [0.3, 0.4) is 0 Å². The minimum Gasteiger partial charge on any atom is -0.347 e. The van der Waals surface area contributed by atoms with E-state index in [1.54, 1.807) is 30.3 Å². The number of anilines is 1. The molecule has 3 heterocycles. The van der Waals surface area contributed by atoms with Gasteiger partial charge in [0.15, 0.2) is 0 Å². The number of amides is 2. The summed E-state index contributed by atoms with van der Waals surface area (Å²) in [5.74, 6) is -0.539. The number of rotatable bonds is 5. The summed E-state index contributed by atoms with van der Waals surface area (Å²) in [4.78, 5) is 29.6. The average Bonchev–Trinajstić information content (AvgIpc) is 3.29. The van der Waals surface area contributed by atoms with Crippen LogP contribution in [0.5, 0.6) is 0 Å². The van der Waals surface area contributed by atoms with Gasteiger partial charge in [-0.2, -0.15) is 5.10 Å². The molecule has 3 aromatic heterocycles. The van der Waals surface area contributed by atoms with Gasteiger partial charge < -0.3 is 10.6 Å². The molecule has 7 nitrogen and oxygen atoms in total. The summed E-state index contributed by atoms with van der Waals surface area (Å²) in [6.45, 7) is 0.212. The van der Waals surface area contributed by atoms with Gasteiger partial charge in [-0.1, -0.05) is 12.1 Å². The summed E-state index contributed by atoms with van der Waals surface area (Å²) in [7, 11) is 0. The quantitative estimate of drug-likeness (QED) is 0.483. The number of fused-ring (bicyclic) bond motifs is 1. The molecule has 0 aliphatic heterocycles. The van der Waals surface area contributed by atoms with Gasteiger partial charge in [0.05, 0.1) is 10.3 Å². The lowest BCUT2D eigenvalue weighted by Crippen LogP contribution is -2.21. The number of carbonyl (C=O) groups excluding carboxylic acids is 2. The van der Waals surface area contributed by atoms with Crippen molar-refractivity contribution in [2.75, 3.05) is 5.32 Å². The van der Waals surface area contributed by atoms with E-state index in [2.05, 4.69) is 25.8 Å². The Bertz CT molecular complexity index is 1160. The van der Waals surface area contributed by atoms with Crippen molar-refractivity contribution in [3.05, 3.63) is 76.7 Å². The lowest BCUT2D eigenvalue weighted by Gasteiger charge is -2.04. The van der Waals surface area contributed by atoms with E-state index in [1.807, 2.05) is 0 Å². The number of carbonyl (C=O) groups is 2. The summed E-state index contributed by atoms with van der Waals surface area (Å²) in [5, 5.41) is 13.0. The predicted molar refractivity (Wildman–Crippen MR) is 104 cm³/mol. The first-order valence-electron chi connectivity index (χ1n) is 8.32. The fourth-order valence-electron chi connectivity index (χ4n) is 2.62. The number of benzene rings is 1. The number of nitrogens with zero attached hydrogens (tertiary/aromatic N) is 2. The molecule has 0 radical (unpaired) electrons. The van der Waals surface area contributed by atoms with Gasteiger partial charge in [0, 0.05) is 24.5 Å². The van der Waals surface area contributed by atoms with Crippen molar-refractivity contribution < 1.29 is 14.0 Å². The molecule has 9 heteroatoms. The topological polar surface area (TPSA) is 99.8 Å². The van der Waals surface area contributed by atoms with E-state index >= 15 is 0 Å². The molecular weight excluding hydrogens is 381 g/mol. The van der Waals surface area contributed by atoms with Crippen molar-refractivity contribution in [1.82, 2.24) is 20.5 Å². The molecular formula is C19H14FN5O2S. The number of halogens is 1. The molecule has 0 saturated heterocycles. The van der Waals surface area contributed by atoms with E-state index < -0.39 is 0 Å². The van der Waals surface area contributed by atoms with Crippen molar-refractivity contribution in [3.63, 3.8) is 0 Å². The molecule has 3 N–H and O–H groups in total. The Morgan fingerprint density at radius 1 is 1.11 bits per heavy atom. The third-order valence-corrected chi connectivity index (χ3v) is 5.03. The third-order valence-electron chi connectivity index (χ3n) is 4.00. The number of nitrogens with one attached hydrogen (secondary N) is 3. The van der Waals surface area contributed by atoms with E-state index in [-0.39, 0.29) is 24.2 Å². The van der Waals surface area contributed by atoms with Crippen LogP contribution in [0, 0.1) is 5.82 Å². The zero-order valence-electron chi connectivity index (χ0n) is 14.4. The third kappa shape index (κ3) is 3.74. The van der Waals surface area contributed by atoms with Crippen molar-refractivity contribution in [1.29, 1.82) is 0 Å². The normalized spacial score (nSPS) is 10.8. The van der Waals surface area contributed by atoms with Gasteiger partial charge in [-0.05, 0) is 35.9 Å². The molecule has 0 aliphatic rings. The molecule has 0 bridgehead atoms. The molecule has 0 unspecified atom stereocenters. The van der Waals surface area contributed by atoms with Crippen molar-refractivity contribution in [2.45, 2.75) is 6.54 Å². The van der Waals surface area contributed by atoms with Gasteiger partial charge in [0.1, 0.15) is 16.5 Å². The molecule has 140 valence electrons. The smallest absolute Gasteiger partial charge is 0.261 e. The first-order chi connectivity index (χ1) is 13.6. The van der Waals surface area contributed by atoms with Crippen molar-refractivity contribution in [3.8, 4) is 0 Å². The lowest BCUT2D eigenvalue weighted by atomic mass is 10.2. The average molecular weight is 395 g/mol. The monoisotopic (exact) mass is 395 g/mol. The van der Waals surface area contributed by atoms with Crippen LogP contribution in [0.15, 0.2) is 54.9 Å². The second-order valence-corrected chi connectivity index (χ2v) is 6.96. The van der Waals surface area contributed by atoms with E-state index in [1.165, 1.54) is 35.9 Å². The first-order valence-corrected chi connectivity index (χ1v) is 9.14. The highest BCUT2D eigenvalue weighted by Gasteiger charge is 2.17. The van der Waals surface area contributed by atoms with Gasteiger partial charge in [-0.25, -0.2) is 4.39 Å². The second-order valence-electron chi connectivity index (χ2n) is 5.93. The molecule has 0 atom stereocenters. The second kappa shape index (κ2) is 7.57. The van der Waals surface area contributed by atoms with E-state index in [9.17, 15) is 14.0 Å². The Labute approximate surface area is 162 Å². The number of H-pyrrole nitrogens is 1. The largest absolute Gasteiger partial charge is 0.347 e. The Balaban J connectivity index is 1.47. The summed E-state index contributed by atoms with van der Waals surface area (Å²) < 4.78 is 13.2. The van der Waals surface area contributed by atoms with E-state index in [4.69, 9.17) is 0 Å². The van der Waals surface area contributed by atoms with Crippen LogP contribution in [0.4, 0.5) is 10.2 Å². The van der Waals surface area contributed by atoms with Gasteiger partial charge in [0.25, 0.3) is 11.8 Å². The number of hydrogen-bond donors (Lipinski definition) is 3. The summed E-state index contributed by atoms with van der Waals surface area (Å²) >= 11 is 1.20. The zero-order chi connectivity index (χ0) is 19.5. The fourth-order valence-corrected chi connectivity index (χ4v) is 3.54. The van der Waals surface area contributed by atoms with Crippen molar-refractivity contribution in [2.24, 2.45) is 0 Å². The Morgan fingerprint density at radius 3 is 2.71 bits per heavy atom. The number of pyridine rings is 1. The molecule has 4 rings (SSSR count). The molecule has 0 aliphatic carbocycles. The molecule has 0 spiro atoms. The fraction of sp³-hybridized carbons (Fsp3) is 0.0526. The van der Waals surface area contributed by atoms with Crippen LogP contribution < -0.4 is 10.6 Å². The van der Waals surface area contributed by atoms with Gasteiger partial charge in [-0.15, -0.1) is 11.3 Å². The Morgan fingerprint density at radius 2 is 1.93 bits per heavy atom. The maximum absolute atomic E-state index is 13.2. The Kier molecular flexibility index (Phi) is 4.81. The highest BCUT2D eigenvalue weighted by atomic mass is 32.1. The van der Waals surface area contributed by atoms with Crippen LogP contribution in [-0.4, -0.2) is 27.0 Å². The number of thiophene rings is 1. The highest BCUT2D eigenvalue weighted by Crippen LogP contribution is 2.29. The van der Waals surface area contributed by atoms with Crippen LogP contribution in [-0.2, 0) is 6.54 Å². The molecule has 4 aromatic rings. The van der Waals surface area contributed by atoms with Crippen LogP contribution >= 0.6 is 11.3 Å². The molecule has 1 aromatic carbocycles. The van der Waals surface area contributed by atoms with Crippen molar-refractivity contribution >= 4 is 39.2 Å². The maximum Gasteiger partial charge on any atom is 0.261 e. The zero-order valence-corrected chi connectivity index (χ0v) is 15.2. The molecule has 0 fully saturated rings. The van der Waals surface area contributed by atoms with Crippen LogP contribution in [0.2, 0.25) is 0 Å².